The number of benzene rings is 1. The standard InChI is InChI=1S/C27H29F4N7O3/c1-16-5-4-11-38(14-16)26-36-23(27(29,30)31)22(41-26)24(39)34-17-8-9-21(32-13-17)33-18-10-12-37(15-18)25(40)35-20-7-3-2-6-19(20)28/h2-3,6-9,13,16,18H,4-5,10-12,14-15H2,1H3,(H,32,33)(H,34,39)(H,35,40)/t16?,18-/m0/s1. The molecule has 2 aliphatic rings. The number of para-hydroxylation sites is 1. The quantitative estimate of drug-likeness (QED) is 0.336. The third-order valence-electron chi connectivity index (χ3n) is 6.98. The number of halogens is 4. The fourth-order valence-corrected chi connectivity index (χ4v) is 4.92. The molecular formula is C27H29F4N7O3. The van der Waals surface area contributed by atoms with Gasteiger partial charge in [-0.2, -0.15) is 18.2 Å². The first kappa shape index (κ1) is 28.2. The van der Waals surface area contributed by atoms with Crippen LogP contribution in [0, 0.1) is 11.7 Å². The Morgan fingerprint density at radius 2 is 1.85 bits per heavy atom. The zero-order chi connectivity index (χ0) is 29.1. The number of nitrogens with one attached hydrogen (secondary N) is 3. The van der Waals surface area contributed by atoms with Crippen molar-refractivity contribution >= 4 is 35.1 Å². The molecule has 14 heteroatoms. The minimum atomic E-state index is -4.87. The average molecular weight is 576 g/mol. The van der Waals surface area contributed by atoms with Crippen LogP contribution in [0.5, 0.6) is 0 Å². The second-order valence-electron chi connectivity index (χ2n) is 10.2. The number of alkyl halides is 3. The van der Waals surface area contributed by atoms with Gasteiger partial charge in [0, 0.05) is 32.2 Å². The average Bonchev–Trinajstić information content (AvgIpc) is 3.59. The van der Waals surface area contributed by atoms with Crippen LogP contribution in [-0.2, 0) is 6.18 Å². The van der Waals surface area contributed by atoms with Gasteiger partial charge in [0.15, 0.2) is 5.69 Å². The lowest BCUT2D eigenvalue weighted by atomic mass is 10.0. The minimum Gasteiger partial charge on any atom is -0.417 e. The van der Waals surface area contributed by atoms with E-state index >= 15 is 0 Å². The molecular weight excluding hydrogens is 546 g/mol. The molecule has 0 spiro atoms. The smallest absolute Gasteiger partial charge is 0.417 e. The minimum absolute atomic E-state index is 0.0956. The van der Waals surface area contributed by atoms with E-state index in [1.54, 1.807) is 21.9 Å². The van der Waals surface area contributed by atoms with E-state index in [4.69, 9.17) is 4.42 Å². The van der Waals surface area contributed by atoms with E-state index in [1.807, 2.05) is 6.92 Å². The maximum atomic E-state index is 13.8. The first-order valence-corrected chi connectivity index (χ1v) is 13.2. The van der Waals surface area contributed by atoms with Crippen molar-refractivity contribution in [3.8, 4) is 0 Å². The van der Waals surface area contributed by atoms with Crippen molar-refractivity contribution in [2.45, 2.75) is 38.4 Å². The Bertz CT molecular complexity index is 1400. The molecule has 0 bridgehead atoms. The second kappa shape index (κ2) is 11.6. The topological polar surface area (TPSA) is 116 Å². The summed E-state index contributed by atoms with van der Waals surface area (Å²) in [7, 11) is 0. The Morgan fingerprint density at radius 3 is 2.56 bits per heavy atom. The molecule has 3 amide bonds. The summed E-state index contributed by atoms with van der Waals surface area (Å²) in [5.74, 6) is -1.81. The van der Waals surface area contributed by atoms with Crippen molar-refractivity contribution in [1.82, 2.24) is 14.9 Å². The van der Waals surface area contributed by atoms with Crippen molar-refractivity contribution < 1.29 is 31.6 Å². The Kier molecular flexibility index (Phi) is 7.99. The number of hydrogen-bond donors (Lipinski definition) is 3. The number of urea groups is 1. The third kappa shape index (κ3) is 6.69. The summed E-state index contributed by atoms with van der Waals surface area (Å²) < 4.78 is 60.2. The van der Waals surface area contributed by atoms with E-state index in [0.717, 1.165) is 12.8 Å². The largest absolute Gasteiger partial charge is 0.437 e. The summed E-state index contributed by atoms with van der Waals surface area (Å²) in [5, 5.41) is 8.13. The van der Waals surface area contributed by atoms with Gasteiger partial charge < -0.3 is 30.2 Å². The normalized spacial score (nSPS) is 19.2. The molecule has 2 saturated heterocycles. The van der Waals surface area contributed by atoms with Gasteiger partial charge in [-0.25, -0.2) is 14.2 Å². The highest BCUT2D eigenvalue weighted by Gasteiger charge is 2.42. The van der Waals surface area contributed by atoms with Crippen LogP contribution >= 0.6 is 0 Å². The SMILES string of the molecule is CC1CCCN(c2nc(C(F)(F)F)c(C(=O)Nc3ccc(N[C@H]4CCN(C(=O)Nc5ccccc5F)C4)nc3)o2)C1. The highest BCUT2D eigenvalue weighted by molar-refractivity contribution is 6.03. The Labute approximate surface area is 233 Å². The molecule has 41 heavy (non-hydrogen) atoms. The van der Waals surface area contributed by atoms with Gasteiger partial charge in [-0.3, -0.25) is 4.79 Å². The van der Waals surface area contributed by atoms with E-state index in [9.17, 15) is 27.2 Å². The fraction of sp³-hybridized carbons (Fsp3) is 0.407. The molecule has 1 aromatic carbocycles. The van der Waals surface area contributed by atoms with E-state index in [1.165, 1.54) is 30.5 Å². The van der Waals surface area contributed by atoms with E-state index in [-0.39, 0.29) is 29.3 Å². The van der Waals surface area contributed by atoms with E-state index in [0.29, 0.717) is 38.4 Å². The van der Waals surface area contributed by atoms with Gasteiger partial charge in [0.05, 0.1) is 17.6 Å². The maximum absolute atomic E-state index is 13.8. The van der Waals surface area contributed by atoms with Crippen molar-refractivity contribution in [2.24, 2.45) is 5.92 Å². The summed E-state index contributed by atoms with van der Waals surface area (Å²) in [6.45, 7) is 3.78. The second-order valence-corrected chi connectivity index (χ2v) is 10.2. The molecule has 3 N–H and O–H groups in total. The first-order valence-electron chi connectivity index (χ1n) is 13.2. The molecule has 2 aliphatic heterocycles. The molecule has 0 radical (unpaired) electrons. The predicted molar refractivity (Wildman–Crippen MR) is 143 cm³/mol. The Balaban J connectivity index is 1.18. The van der Waals surface area contributed by atoms with Crippen molar-refractivity contribution in [3.63, 3.8) is 0 Å². The molecule has 1 unspecified atom stereocenters. The van der Waals surface area contributed by atoms with Gasteiger partial charge in [-0.1, -0.05) is 19.1 Å². The molecule has 4 heterocycles. The van der Waals surface area contributed by atoms with Crippen LogP contribution in [0.15, 0.2) is 47.0 Å². The maximum Gasteiger partial charge on any atom is 0.437 e. The van der Waals surface area contributed by atoms with Crippen LogP contribution in [0.2, 0.25) is 0 Å². The molecule has 0 aliphatic carbocycles. The summed E-state index contributed by atoms with van der Waals surface area (Å²) in [5.41, 5.74) is -1.12. The van der Waals surface area contributed by atoms with Crippen molar-refractivity contribution in [3.05, 3.63) is 59.9 Å². The predicted octanol–water partition coefficient (Wildman–Crippen LogP) is 5.43. The zero-order valence-electron chi connectivity index (χ0n) is 22.2. The van der Waals surface area contributed by atoms with E-state index in [2.05, 4.69) is 25.9 Å². The fourth-order valence-electron chi connectivity index (χ4n) is 4.92. The number of carbonyl (C=O) groups excluding carboxylic acids is 2. The highest BCUT2D eigenvalue weighted by Crippen LogP contribution is 2.35. The number of piperidine rings is 1. The van der Waals surface area contributed by atoms with Crippen LogP contribution in [-0.4, -0.2) is 59.0 Å². The Morgan fingerprint density at radius 1 is 1.05 bits per heavy atom. The third-order valence-corrected chi connectivity index (χ3v) is 6.98. The number of pyridine rings is 1. The lowest BCUT2D eigenvalue weighted by Crippen LogP contribution is -2.35. The first-order chi connectivity index (χ1) is 19.6. The molecule has 2 aromatic heterocycles. The van der Waals surface area contributed by atoms with Gasteiger partial charge in [-0.05, 0) is 49.4 Å². The van der Waals surface area contributed by atoms with Crippen molar-refractivity contribution in [1.29, 1.82) is 0 Å². The summed E-state index contributed by atoms with van der Waals surface area (Å²) in [4.78, 5) is 36.3. The number of nitrogens with zero attached hydrogens (tertiary/aromatic N) is 4. The number of anilines is 4. The van der Waals surface area contributed by atoms with Crippen LogP contribution < -0.4 is 20.9 Å². The molecule has 0 saturated carbocycles. The Hall–Kier alpha value is -4.36. The molecule has 218 valence electrons. The summed E-state index contributed by atoms with van der Waals surface area (Å²) in [6.07, 6.45) is -1.21. The number of amides is 3. The number of hydrogen-bond acceptors (Lipinski definition) is 7. The van der Waals surface area contributed by atoms with Crippen LogP contribution in [0.1, 0.15) is 42.4 Å². The zero-order valence-corrected chi connectivity index (χ0v) is 22.2. The molecule has 2 fully saturated rings. The highest BCUT2D eigenvalue weighted by atomic mass is 19.4. The van der Waals surface area contributed by atoms with Gasteiger partial charge in [0.25, 0.3) is 11.9 Å². The van der Waals surface area contributed by atoms with Crippen LogP contribution in [0.3, 0.4) is 0 Å². The summed E-state index contributed by atoms with van der Waals surface area (Å²) in [6, 6.07) is 8.16. The lowest BCUT2D eigenvalue weighted by Gasteiger charge is -2.29. The molecule has 2 atom stereocenters. The lowest BCUT2D eigenvalue weighted by molar-refractivity contribution is -0.141. The number of aromatic nitrogens is 2. The van der Waals surface area contributed by atoms with Crippen LogP contribution in [0.25, 0.3) is 0 Å². The van der Waals surface area contributed by atoms with Crippen LogP contribution in [0.4, 0.5) is 45.6 Å². The number of carbonyl (C=O) groups is 2. The monoisotopic (exact) mass is 575 g/mol. The number of oxazole rings is 1. The van der Waals surface area contributed by atoms with Gasteiger partial charge in [0.2, 0.25) is 5.76 Å². The van der Waals surface area contributed by atoms with Gasteiger partial charge >= 0.3 is 12.2 Å². The molecule has 5 rings (SSSR count). The summed E-state index contributed by atoms with van der Waals surface area (Å²) >= 11 is 0. The molecule has 3 aromatic rings. The van der Waals surface area contributed by atoms with Gasteiger partial charge in [-0.15, -0.1) is 0 Å². The number of likely N-dealkylation sites (tertiary alicyclic amines) is 1. The van der Waals surface area contributed by atoms with E-state index < -0.39 is 35.4 Å². The van der Waals surface area contributed by atoms with Gasteiger partial charge in [0.1, 0.15) is 11.6 Å². The van der Waals surface area contributed by atoms with Crippen molar-refractivity contribution in [2.75, 3.05) is 47.0 Å². The number of rotatable bonds is 6. The molecule has 10 nitrogen and oxygen atoms in total.